The minimum atomic E-state index is -3.84. The van der Waals surface area contributed by atoms with E-state index in [-0.39, 0.29) is 10.8 Å². The molecular weight excluding hydrogens is 344 g/mol. The summed E-state index contributed by atoms with van der Waals surface area (Å²) in [6.07, 6.45) is 0. The third-order valence-corrected chi connectivity index (χ3v) is 6.02. The SMILES string of the molecule is CC(C)C(NC(=O)CN1c2cccc3cccc(c23)S1(=O)=O)C(=O)O. The largest absolute Gasteiger partial charge is 0.480 e. The summed E-state index contributed by atoms with van der Waals surface area (Å²) in [5.74, 6) is -2.13. The Morgan fingerprint density at radius 2 is 1.80 bits per heavy atom. The van der Waals surface area contributed by atoms with Gasteiger partial charge >= 0.3 is 5.97 Å². The van der Waals surface area contributed by atoms with Gasteiger partial charge in [-0.1, -0.05) is 38.1 Å². The van der Waals surface area contributed by atoms with Crippen molar-refractivity contribution in [3.63, 3.8) is 0 Å². The second kappa shape index (κ2) is 6.03. The zero-order valence-corrected chi connectivity index (χ0v) is 14.6. The van der Waals surface area contributed by atoms with Gasteiger partial charge in [0.25, 0.3) is 10.0 Å². The zero-order chi connectivity index (χ0) is 18.4. The Kier molecular flexibility index (Phi) is 4.16. The quantitative estimate of drug-likeness (QED) is 0.840. The van der Waals surface area contributed by atoms with Crippen LogP contribution in [0.2, 0.25) is 0 Å². The molecule has 0 aliphatic carbocycles. The van der Waals surface area contributed by atoms with Crippen molar-refractivity contribution in [2.75, 3.05) is 10.8 Å². The highest BCUT2D eigenvalue weighted by molar-refractivity contribution is 7.93. The topological polar surface area (TPSA) is 104 Å². The molecule has 25 heavy (non-hydrogen) atoms. The van der Waals surface area contributed by atoms with Crippen LogP contribution in [0.1, 0.15) is 13.8 Å². The zero-order valence-electron chi connectivity index (χ0n) is 13.8. The molecule has 7 nitrogen and oxygen atoms in total. The van der Waals surface area contributed by atoms with Gasteiger partial charge in [0.15, 0.2) is 0 Å². The Balaban J connectivity index is 1.93. The van der Waals surface area contributed by atoms with Gasteiger partial charge in [0.1, 0.15) is 12.6 Å². The van der Waals surface area contributed by atoms with Crippen LogP contribution in [0.15, 0.2) is 41.3 Å². The van der Waals surface area contributed by atoms with Crippen molar-refractivity contribution in [3.8, 4) is 0 Å². The number of hydrogen-bond acceptors (Lipinski definition) is 4. The fourth-order valence-electron chi connectivity index (χ4n) is 2.99. The maximum atomic E-state index is 12.8. The van der Waals surface area contributed by atoms with Gasteiger partial charge in [0.2, 0.25) is 5.91 Å². The van der Waals surface area contributed by atoms with Crippen molar-refractivity contribution < 1.29 is 23.1 Å². The van der Waals surface area contributed by atoms with E-state index < -0.39 is 34.5 Å². The van der Waals surface area contributed by atoms with Gasteiger partial charge in [-0.05, 0) is 23.4 Å². The van der Waals surface area contributed by atoms with Crippen LogP contribution in [0.25, 0.3) is 10.8 Å². The number of aliphatic carboxylic acids is 1. The summed E-state index contributed by atoms with van der Waals surface area (Å²) in [7, 11) is -3.84. The van der Waals surface area contributed by atoms with Crippen LogP contribution in [0.4, 0.5) is 5.69 Å². The Morgan fingerprint density at radius 1 is 1.16 bits per heavy atom. The van der Waals surface area contributed by atoms with Gasteiger partial charge in [0, 0.05) is 5.39 Å². The van der Waals surface area contributed by atoms with E-state index in [9.17, 15) is 23.1 Å². The molecule has 1 aliphatic rings. The Bertz CT molecular complexity index is 963. The first-order valence-electron chi connectivity index (χ1n) is 7.80. The number of hydrogen-bond donors (Lipinski definition) is 2. The number of carbonyl (C=O) groups excluding carboxylic acids is 1. The van der Waals surface area contributed by atoms with Gasteiger partial charge < -0.3 is 10.4 Å². The molecule has 0 aromatic heterocycles. The van der Waals surface area contributed by atoms with E-state index in [2.05, 4.69) is 5.32 Å². The van der Waals surface area contributed by atoms with Crippen LogP contribution in [0.5, 0.6) is 0 Å². The van der Waals surface area contributed by atoms with E-state index in [4.69, 9.17) is 0 Å². The molecule has 0 fully saturated rings. The molecule has 1 heterocycles. The number of anilines is 1. The number of carbonyl (C=O) groups is 2. The number of carboxylic acid groups (broad SMARTS) is 1. The Morgan fingerprint density at radius 3 is 2.40 bits per heavy atom. The molecule has 1 aliphatic heterocycles. The number of rotatable bonds is 5. The highest BCUT2D eigenvalue weighted by Gasteiger charge is 2.37. The maximum Gasteiger partial charge on any atom is 0.326 e. The van der Waals surface area contributed by atoms with Crippen molar-refractivity contribution in [2.45, 2.75) is 24.8 Å². The lowest BCUT2D eigenvalue weighted by Crippen LogP contribution is -2.48. The van der Waals surface area contributed by atoms with Gasteiger partial charge in [-0.15, -0.1) is 0 Å². The summed E-state index contributed by atoms with van der Waals surface area (Å²) in [5.41, 5.74) is 0.430. The molecule has 2 aromatic carbocycles. The van der Waals surface area contributed by atoms with Crippen LogP contribution in [-0.4, -0.2) is 38.0 Å². The summed E-state index contributed by atoms with van der Waals surface area (Å²) < 4.78 is 26.6. The summed E-state index contributed by atoms with van der Waals surface area (Å²) in [6.45, 7) is 2.87. The lowest BCUT2D eigenvalue weighted by molar-refractivity contribution is -0.142. The summed E-state index contributed by atoms with van der Waals surface area (Å²) in [4.78, 5) is 23.7. The van der Waals surface area contributed by atoms with Crippen LogP contribution < -0.4 is 9.62 Å². The number of amides is 1. The predicted molar refractivity (Wildman–Crippen MR) is 92.9 cm³/mol. The monoisotopic (exact) mass is 362 g/mol. The standard InChI is InChI=1S/C17H18N2O5S/c1-10(2)16(17(21)22)18-14(20)9-19-12-7-3-5-11-6-4-8-13(15(11)12)25(19,23)24/h3-8,10,16H,9H2,1-2H3,(H,18,20)(H,21,22). The smallest absolute Gasteiger partial charge is 0.326 e. The average Bonchev–Trinajstić information content (AvgIpc) is 2.76. The number of nitrogens with zero attached hydrogens (tertiary/aromatic N) is 1. The summed E-state index contributed by atoms with van der Waals surface area (Å²) in [5, 5.41) is 12.9. The lowest BCUT2D eigenvalue weighted by Gasteiger charge is -2.22. The summed E-state index contributed by atoms with van der Waals surface area (Å²) in [6, 6.07) is 9.06. The lowest BCUT2D eigenvalue weighted by atomic mass is 10.0. The van der Waals surface area contributed by atoms with Crippen LogP contribution in [0, 0.1) is 5.92 Å². The van der Waals surface area contributed by atoms with E-state index in [0.29, 0.717) is 11.1 Å². The van der Waals surface area contributed by atoms with E-state index in [1.807, 2.05) is 0 Å². The first kappa shape index (κ1) is 17.2. The Labute approximate surface area is 145 Å². The number of nitrogens with one attached hydrogen (secondary N) is 1. The van der Waals surface area contributed by atoms with Crippen molar-refractivity contribution in [1.29, 1.82) is 0 Å². The first-order chi connectivity index (χ1) is 11.7. The van der Waals surface area contributed by atoms with E-state index in [1.54, 1.807) is 44.2 Å². The molecule has 3 rings (SSSR count). The van der Waals surface area contributed by atoms with Crippen molar-refractivity contribution in [1.82, 2.24) is 5.32 Å². The molecule has 1 amide bonds. The normalized spacial score (nSPS) is 16.2. The molecule has 0 saturated heterocycles. The number of benzene rings is 2. The fraction of sp³-hybridized carbons (Fsp3) is 0.294. The van der Waals surface area contributed by atoms with E-state index >= 15 is 0 Å². The molecular formula is C17H18N2O5S. The minimum Gasteiger partial charge on any atom is -0.480 e. The predicted octanol–water partition coefficient (Wildman–Crippen LogP) is 1.57. The number of carboxylic acids is 1. The highest BCUT2D eigenvalue weighted by Crippen LogP contribution is 2.41. The second-order valence-corrected chi connectivity index (χ2v) is 8.10. The molecule has 8 heteroatoms. The van der Waals surface area contributed by atoms with Crippen molar-refractivity contribution >= 4 is 38.4 Å². The molecule has 0 saturated carbocycles. The van der Waals surface area contributed by atoms with Crippen LogP contribution in [0.3, 0.4) is 0 Å². The molecule has 0 spiro atoms. The molecule has 2 N–H and O–H groups in total. The first-order valence-corrected chi connectivity index (χ1v) is 9.24. The summed E-state index contributed by atoms with van der Waals surface area (Å²) >= 11 is 0. The van der Waals surface area contributed by atoms with Crippen LogP contribution >= 0.6 is 0 Å². The van der Waals surface area contributed by atoms with Gasteiger partial charge in [-0.3, -0.25) is 9.10 Å². The highest BCUT2D eigenvalue weighted by atomic mass is 32.2. The van der Waals surface area contributed by atoms with Crippen molar-refractivity contribution in [2.24, 2.45) is 5.92 Å². The minimum absolute atomic E-state index is 0.159. The average molecular weight is 362 g/mol. The van der Waals surface area contributed by atoms with Gasteiger partial charge in [0.05, 0.1) is 10.6 Å². The van der Waals surface area contributed by atoms with E-state index in [1.165, 1.54) is 6.07 Å². The third-order valence-electron chi connectivity index (χ3n) is 4.22. The Hall–Kier alpha value is -2.61. The molecule has 0 bridgehead atoms. The molecule has 2 aromatic rings. The van der Waals surface area contributed by atoms with Gasteiger partial charge in [-0.25, -0.2) is 13.2 Å². The maximum absolute atomic E-state index is 12.8. The number of sulfonamides is 1. The van der Waals surface area contributed by atoms with Crippen LogP contribution in [-0.2, 0) is 19.6 Å². The molecule has 132 valence electrons. The third kappa shape index (κ3) is 2.82. The molecule has 1 unspecified atom stereocenters. The molecule has 1 atom stereocenters. The van der Waals surface area contributed by atoms with Gasteiger partial charge in [-0.2, -0.15) is 0 Å². The van der Waals surface area contributed by atoms with Crippen molar-refractivity contribution in [3.05, 3.63) is 36.4 Å². The second-order valence-electron chi connectivity index (χ2n) is 6.27. The van der Waals surface area contributed by atoms with E-state index in [0.717, 1.165) is 9.69 Å². The fourth-order valence-corrected chi connectivity index (χ4v) is 4.66. The molecule has 0 radical (unpaired) electrons.